The molecule has 0 bridgehead atoms. The maximum absolute atomic E-state index is 13.0. The summed E-state index contributed by atoms with van der Waals surface area (Å²) in [6.07, 6.45) is -1.11. The molecule has 0 unspecified atom stereocenters. The fourth-order valence-corrected chi connectivity index (χ4v) is 0.804. The van der Waals surface area contributed by atoms with Crippen molar-refractivity contribution in [2.24, 2.45) is 11.5 Å². The van der Waals surface area contributed by atoms with Crippen LogP contribution < -0.4 is 21.5 Å². The van der Waals surface area contributed by atoms with Gasteiger partial charge in [0.15, 0.2) is 0 Å². The van der Waals surface area contributed by atoms with Crippen molar-refractivity contribution in [1.29, 1.82) is 0 Å². The number of primary amides is 2. The predicted molar refractivity (Wildman–Crippen MR) is 47.6 cm³/mol. The molecule has 7 nitrogen and oxygen atoms in total. The summed E-state index contributed by atoms with van der Waals surface area (Å²) in [5.74, 6) is -1.34. The lowest BCUT2D eigenvalue weighted by Crippen LogP contribution is -2.21. The average molecular weight is 214 g/mol. The first-order valence-electron chi connectivity index (χ1n) is 3.69. The number of hydrogen-bond donors (Lipinski definition) is 3. The highest BCUT2D eigenvalue weighted by Gasteiger charge is 2.08. The first kappa shape index (κ1) is 10.7. The molecule has 0 aliphatic rings. The number of anilines is 1. The molecular weight excluding hydrogens is 207 g/mol. The van der Waals surface area contributed by atoms with E-state index in [1.807, 2.05) is 5.32 Å². The normalized spacial score (nSPS) is 9.40. The van der Waals surface area contributed by atoms with Crippen molar-refractivity contribution in [1.82, 2.24) is 4.98 Å². The Bertz CT molecular complexity index is 409. The van der Waals surface area contributed by atoms with Crippen LogP contribution in [0.15, 0.2) is 12.1 Å². The summed E-state index contributed by atoms with van der Waals surface area (Å²) in [4.78, 5) is 23.9. The van der Waals surface area contributed by atoms with Gasteiger partial charge in [-0.2, -0.15) is 9.37 Å². The van der Waals surface area contributed by atoms with Gasteiger partial charge in [-0.05, 0) is 6.07 Å². The van der Waals surface area contributed by atoms with E-state index < -0.39 is 18.1 Å². The number of pyridine rings is 1. The van der Waals surface area contributed by atoms with Gasteiger partial charge in [0.05, 0.1) is 5.69 Å². The zero-order valence-corrected chi connectivity index (χ0v) is 7.36. The van der Waals surface area contributed by atoms with Gasteiger partial charge in [0.1, 0.15) is 0 Å². The standard InChI is InChI=1S/C7H7FN4O3/c8-5-3(11-6(9)13)1-2-4(12-5)15-7(10)14/h1-2H,(H2,10,14)(H3,9,11,13). The second-order valence-electron chi connectivity index (χ2n) is 2.40. The Morgan fingerprint density at radius 1 is 1.40 bits per heavy atom. The number of urea groups is 1. The number of nitrogens with two attached hydrogens (primary N) is 2. The number of aromatic nitrogens is 1. The average Bonchev–Trinajstić information content (AvgIpc) is 2.08. The van der Waals surface area contributed by atoms with E-state index in [1.165, 1.54) is 0 Å². The van der Waals surface area contributed by atoms with E-state index in [9.17, 15) is 14.0 Å². The van der Waals surface area contributed by atoms with Crippen LogP contribution in [0.4, 0.5) is 19.7 Å². The number of nitrogens with zero attached hydrogens (tertiary/aromatic N) is 1. The van der Waals surface area contributed by atoms with Crippen LogP contribution in [0, 0.1) is 5.95 Å². The van der Waals surface area contributed by atoms with Crippen LogP contribution in [0.2, 0.25) is 0 Å². The van der Waals surface area contributed by atoms with Gasteiger partial charge in [-0.3, -0.25) is 0 Å². The Kier molecular flexibility index (Phi) is 3.01. The van der Waals surface area contributed by atoms with E-state index in [-0.39, 0.29) is 11.6 Å². The Labute approximate surface area is 83.2 Å². The molecule has 0 aliphatic heterocycles. The number of carbonyl (C=O) groups is 2. The molecule has 15 heavy (non-hydrogen) atoms. The second kappa shape index (κ2) is 4.22. The number of carbonyl (C=O) groups excluding carboxylic acids is 2. The predicted octanol–water partition coefficient (Wildman–Crippen LogP) is 0.169. The zero-order chi connectivity index (χ0) is 11.4. The third kappa shape index (κ3) is 3.10. The first-order valence-corrected chi connectivity index (χ1v) is 3.69. The third-order valence-corrected chi connectivity index (χ3v) is 1.29. The lowest BCUT2D eigenvalue weighted by atomic mass is 10.4. The van der Waals surface area contributed by atoms with Crippen molar-refractivity contribution in [2.45, 2.75) is 0 Å². The van der Waals surface area contributed by atoms with Crippen molar-refractivity contribution in [3.05, 3.63) is 18.1 Å². The van der Waals surface area contributed by atoms with Crippen molar-refractivity contribution in [3.8, 4) is 5.88 Å². The number of ether oxygens (including phenoxy) is 1. The van der Waals surface area contributed by atoms with Gasteiger partial charge < -0.3 is 21.5 Å². The molecule has 0 spiro atoms. The zero-order valence-electron chi connectivity index (χ0n) is 7.36. The van der Waals surface area contributed by atoms with Crippen LogP contribution in [0.5, 0.6) is 5.88 Å². The summed E-state index contributed by atoms with van der Waals surface area (Å²) in [7, 11) is 0. The van der Waals surface area contributed by atoms with Crippen molar-refractivity contribution in [2.75, 3.05) is 5.32 Å². The summed E-state index contributed by atoms with van der Waals surface area (Å²) in [5.41, 5.74) is 9.22. The molecular formula is C7H7FN4O3. The van der Waals surface area contributed by atoms with Gasteiger partial charge in [0.2, 0.25) is 11.8 Å². The van der Waals surface area contributed by atoms with Gasteiger partial charge >= 0.3 is 12.1 Å². The van der Waals surface area contributed by atoms with Crippen LogP contribution >= 0.6 is 0 Å². The van der Waals surface area contributed by atoms with E-state index in [4.69, 9.17) is 5.73 Å². The topological polar surface area (TPSA) is 120 Å². The summed E-state index contributed by atoms with van der Waals surface area (Å²) < 4.78 is 17.3. The fourth-order valence-electron chi connectivity index (χ4n) is 0.804. The smallest absolute Gasteiger partial charge is 0.391 e. The highest BCUT2D eigenvalue weighted by molar-refractivity contribution is 5.87. The molecule has 0 aromatic carbocycles. The Morgan fingerprint density at radius 2 is 2.07 bits per heavy atom. The SMILES string of the molecule is NC(=O)Nc1ccc(OC(N)=O)nc1F. The number of nitrogens with one attached hydrogen (secondary N) is 1. The van der Waals surface area contributed by atoms with E-state index in [0.717, 1.165) is 12.1 Å². The molecule has 1 aromatic rings. The summed E-state index contributed by atoms with van der Waals surface area (Å²) >= 11 is 0. The van der Waals surface area contributed by atoms with E-state index in [0.29, 0.717) is 0 Å². The summed E-state index contributed by atoms with van der Waals surface area (Å²) in [6.45, 7) is 0. The van der Waals surface area contributed by atoms with E-state index in [2.05, 4.69) is 15.5 Å². The van der Waals surface area contributed by atoms with Crippen LogP contribution in [0.3, 0.4) is 0 Å². The van der Waals surface area contributed by atoms with Gasteiger partial charge in [-0.15, -0.1) is 0 Å². The summed E-state index contributed by atoms with van der Waals surface area (Å²) in [6, 6.07) is 1.35. The summed E-state index contributed by atoms with van der Waals surface area (Å²) in [5, 5.41) is 1.98. The number of halogens is 1. The minimum absolute atomic E-state index is 0.223. The molecule has 80 valence electrons. The highest BCUT2D eigenvalue weighted by Crippen LogP contribution is 2.15. The molecule has 5 N–H and O–H groups in total. The third-order valence-electron chi connectivity index (χ3n) is 1.29. The molecule has 1 heterocycles. The molecule has 3 amide bonds. The lowest BCUT2D eigenvalue weighted by Gasteiger charge is -2.04. The highest BCUT2D eigenvalue weighted by atomic mass is 19.1. The fraction of sp³-hybridized carbons (Fsp3) is 0. The molecule has 0 fully saturated rings. The molecule has 0 atom stereocenters. The first-order chi connectivity index (χ1) is 6.99. The molecule has 1 aromatic heterocycles. The number of amides is 3. The molecule has 0 radical (unpaired) electrons. The Balaban J connectivity index is 2.87. The van der Waals surface area contributed by atoms with Gasteiger partial charge in [0.25, 0.3) is 0 Å². The maximum Gasteiger partial charge on any atom is 0.411 e. The Morgan fingerprint density at radius 3 is 2.53 bits per heavy atom. The van der Waals surface area contributed by atoms with Gasteiger partial charge in [0, 0.05) is 6.07 Å². The molecule has 0 saturated carbocycles. The monoisotopic (exact) mass is 214 g/mol. The second-order valence-corrected chi connectivity index (χ2v) is 2.40. The number of rotatable bonds is 2. The molecule has 1 rings (SSSR count). The molecule has 0 aliphatic carbocycles. The van der Waals surface area contributed by atoms with Crippen LogP contribution in [0.1, 0.15) is 0 Å². The number of hydrogen-bond acceptors (Lipinski definition) is 4. The largest absolute Gasteiger partial charge is 0.411 e. The minimum atomic E-state index is -1.11. The van der Waals surface area contributed by atoms with Crippen molar-refractivity contribution in [3.63, 3.8) is 0 Å². The van der Waals surface area contributed by atoms with Gasteiger partial charge in [-0.25, -0.2) is 9.59 Å². The maximum atomic E-state index is 13.0. The van der Waals surface area contributed by atoms with E-state index in [1.54, 1.807) is 0 Å². The van der Waals surface area contributed by atoms with Crippen LogP contribution in [-0.4, -0.2) is 17.1 Å². The Hall–Kier alpha value is -2.38. The van der Waals surface area contributed by atoms with Crippen molar-refractivity contribution < 1.29 is 18.7 Å². The van der Waals surface area contributed by atoms with Crippen LogP contribution in [0.25, 0.3) is 0 Å². The van der Waals surface area contributed by atoms with Crippen molar-refractivity contribution >= 4 is 17.8 Å². The van der Waals surface area contributed by atoms with E-state index >= 15 is 0 Å². The lowest BCUT2D eigenvalue weighted by molar-refractivity contribution is 0.208. The van der Waals surface area contributed by atoms with Gasteiger partial charge in [-0.1, -0.05) is 0 Å². The molecule has 0 saturated heterocycles. The minimum Gasteiger partial charge on any atom is -0.391 e. The van der Waals surface area contributed by atoms with Crippen LogP contribution in [-0.2, 0) is 0 Å². The quantitative estimate of drug-likeness (QED) is 0.607. The molecule has 8 heteroatoms.